The van der Waals surface area contributed by atoms with Crippen molar-refractivity contribution in [3.63, 3.8) is 0 Å². The number of hydrogen-bond donors (Lipinski definition) is 1. The molecule has 1 aliphatic rings. The highest BCUT2D eigenvalue weighted by molar-refractivity contribution is 5.97. The van der Waals surface area contributed by atoms with Crippen LogP contribution in [0.1, 0.15) is 12.0 Å². The number of carbonyl (C=O) groups excluding carboxylic acids is 2. The molecule has 0 aliphatic carbocycles. The molecule has 0 spiro atoms. The average Bonchev–Trinajstić information content (AvgIpc) is 3.19. The molecule has 0 bridgehead atoms. The molecule has 0 radical (unpaired) electrons. The Morgan fingerprint density at radius 2 is 2.08 bits per heavy atom. The van der Waals surface area contributed by atoms with Gasteiger partial charge in [-0.15, -0.1) is 0 Å². The monoisotopic (exact) mass is 348 g/mol. The molecule has 6 heteroatoms. The number of benzene rings is 2. The van der Waals surface area contributed by atoms with Crippen LogP contribution in [0.4, 0.5) is 5.69 Å². The highest BCUT2D eigenvalue weighted by Crippen LogP contribution is 2.22. The average molecular weight is 348 g/mol. The van der Waals surface area contributed by atoms with Gasteiger partial charge in [0.05, 0.1) is 23.4 Å². The van der Waals surface area contributed by atoms with E-state index in [9.17, 15) is 9.59 Å². The fourth-order valence-electron chi connectivity index (χ4n) is 3.41. The summed E-state index contributed by atoms with van der Waals surface area (Å²) < 4.78 is 1.82. The maximum atomic E-state index is 12.4. The van der Waals surface area contributed by atoms with Crippen molar-refractivity contribution in [3.8, 4) is 0 Å². The summed E-state index contributed by atoms with van der Waals surface area (Å²) in [5, 5.41) is 2.98. The van der Waals surface area contributed by atoms with Gasteiger partial charge in [-0.3, -0.25) is 9.59 Å². The summed E-state index contributed by atoms with van der Waals surface area (Å²) >= 11 is 0. The van der Waals surface area contributed by atoms with E-state index in [0.29, 0.717) is 13.0 Å². The van der Waals surface area contributed by atoms with E-state index in [1.807, 2.05) is 60.0 Å². The van der Waals surface area contributed by atoms with Crippen molar-refractivity contribution in [2.75, 3.05) is 11.4 Å². The number of rotatable bonds is 4. The van der Waals surface area contributed by atoms with Crippen molar-refractivity contribution in [1.82, 2.24) is 14.9 Å². The van der Waals surface area contributed by atoms with Crippen molar-refractivity contribution >= 4 is 28.5 Å². The molecule has 1 fully saturated rings. The van der Waals surface area contributed by atoms with E-state index >= 15 is 0 Å². The Hall–Kier alpha value is -3.15. The van der Waals surface area contributed by atoms with E-state index < -0.39 is 0 Å². The summed E-state index contributed by atoms with van der Waals surface area (Å²) in [6.07, 6.45) is 1.99. The third kappa shape index (κ3) is 3.18. The van der Waals surface area contributed by atoms with Crippen LogP contribution in [0.25, 0.3) is 11.0 Å². The third-order valence-electron chi connectivity index (χ3n) is 4.64. The number of carbonyl (C=O) groups is 2. The molecule has 0 unspecified atom stereocenters. The van der Waals surface area contributed by atoms with E-state index in [4.69, 9.17) is 0 Å². The van der Waals surface area contributed by atoms with Gasteiger partial charge in [0, 0.05) is 18.7 Å². The number of hydrogen-bond acceptors (Lipinski definition) is 3. The van der Waals surface area contributed by atoms with Gasteiger partial charge in [-0.05, 0) is 36.8 Å². The maximum Gasteiger partial charge on any atom is 0.240 e. The van der Waals surface area contributed by atoms with Crippen LogP contribution in [0.5, 0.6) is 0 Å². The standard InChI is InChI=1S/C20H20N4O2/c1-14-5-4-6-16(9-14)24-11-15(10-20(24)26)22-19(25)12-23-13-21-17-7-2-3-8-18(17)23/h2-9,13,15H,10-12H2,1H3,(H,22,25)/t15-/m1/s1. The number of aryl methyl sites for hydroxylation is 1. The van der Waals surface area contributed by atoms with Crippen LogP contribution < -0.4 is 10.2 Å². The number of para-hydroxylation sites is 2. The Morgan fingerprint density at radius 1 is 1.23 bits per heavy atom. The number of amides is 2. The summed E-state index contributed by atoms with van der Waals surface area (Å²) in [7, 11) is 0. The Balaban J connectivity index is 1.41. The Kier molecular flexibility index (Phi) is 4.16. The zero-order valence-electron chi connectivity index (χ0n) is 14.6. The van der Waals surface area contributed by atoms with Crippen molar-refractivity contribution in [3.05, 3.63) is 60.4 Å². The largest absolute Gasteiger partial charge is 0.349 e. The maximum absolute atomic E-state index is 12.4. The molecule has 1 saturated heterocycles. The smallest absolute Gasteiger partial charge is 0.240 e. The molecular weight excluding hydrogens is 328 g/mol. The summed E-state index contributed by atoms with van der Waals surface area (Å²) in [6.45, 7) is 2.69. The lowest BCUT2D eigenvalue weighted by atomic mass is 10.2. The first kappa shape index (κ1) is 16.3. The number of aromatic nitrogens is 2. The molecule has 2 aromatic carbocycles. The normalized spacial score (nSPS) is 17.0. The van der Waals surface area contributed by atoms with Crippen molar-refractivity contribution in [1.29, 1.82) is 0 Å². The number of fused-ring (bicyclic) bond motifs is 1. The van der Waals surface area contributed by atoms with E-state index in [2.05, 4.69) is 10.3 Å². The minimum Gasteiger partial charge on any atom is -0.349 e. The molecule has 1 N–H and O–H groups in total. The zero-order chi connectivity index (χ0) is 18.1. The van der Waals surface area contributed by atoms with E-state index in [-0.39, 0.29) is 24.4 Å². The van der Waals surface area contributed by atoms with Gasteiger partial charge in [-0.1, -0.05) is 24.3 Å². The number of anilines is 1. The van der Waals surface area contributed by atoms with Gasteiger partial charge in [0.15, 0.2) is 0 Å². The van der Waals surface area contributed by atoms with Gasteiger partial charge in [0.1, 0.15) is 6.54 Å². The lowest BCUT2D eigenvalue weighted by molar-refractivity contribution is -0.122. The highest BCUT2D eigenvalue weighted by atomic mass is 16.2. The quantitative estimate of drug-likeness (QED) is 0.786. The SMILES string of the molecule is Cc1cccc(N2C[C@H](NC(=O)Cn3cnc4ccccc43)CC2=O)c1. The fourth-order valence-corrected chi connectivity index (χ4v) is 3.41. The summed E-state index contributed by atoms with van der Waals surface area (Å²) in [5.74, 6) is -0.0778. The van der Waals surface area contributed by atoms with Crippen molar-refractivity contribution in [2.45, 2.75) is 25.9 Å². The minimum absolute atomic E-state index is 0.0361. The molecule has 4 rings (SSSR count). The van der Waals surface area contributed by atoms with Gasteiger partial charge < -0.3 is 14.8 Å². The predicted molar refractivity (Wildman–Crippen MR) is 99.8 cm³/mol. The molecule has 26 heavy (non-hydrogen) atoms. The first-order valence-electron chi connectivity index (χ1n) is 8.66. The van der Waals surface area contributed by atoms with Gasteiger partial charge in [-0.2, -0.15) is 0 Å². The molecule has 3 aromatic rings. The highest BCUT2D eigenvalue weighted by Gasteiger charge is 2.31. The zero-order valence-corrected chi connectivity index (χ0v) is 14.6. The Labute approximate surface area is 151 Å². The molecular formula is C20H20N4O2. The molecule has 2 heterocycles. The molecule has 2 amide bonds. The Bertz CT molecular complexity index is 979. The summed E-state index contributed by atoms with van der Waals surface area (Å²) in [6, 6.07) is 15.4. The Morgan fingerprint density at radius 3 is 2.92 bits per heavy atom. The van der Waals surface area contributed by atoms with Crippen LogP contribution in [0.2, 0.25) is 0 Å². The van der Waals surface area contributed by atoms with Gasteiger partial charge >= 0.3 is 0 Å². The summed E-state index contributed by atoms with van der Waals surface area (Å²) in [5.41, 5.74) is 3.77. The lowest BCUT2D eigenvalue weighted by Gasteiger charge is -2.18. The van der Waals surface area contributed by atoms with Crippen molar-refractivity contribution < 1.29 is 9.59 Å². The van der Waals surface area contributed by atoms with Crippen LogP contribution in [-0.2, 0) is 16.1 Å². The second-order valence-electron chi connectivity index (χ2n) is 6.67. The van der Waals surface area contributed by atoms with Crippen LogP contribution in [-0.4, -0.2) is 34.0 Å². The summed E-state index contributed by atoms with van der Waals surface area (Å²) in [4.78, 5) is 30.8. The van der Waals surface area contributed by atoms with Gasteiger partial charge in [0.25, 0.3) is 0 Å². The second-order valence-corrected chi connectivity index (χ2v) is 6.67. The number of imidazole rings is 1. The molecule has 1 atom stereocenters. The van der Waals surface area contributed by atoms with Gasteiger partial charge in [0.2, 0.25) is 11.8 Å². The van der Waals surface area contributed by atoms with Crippen LogP contribution >= 0.6 is 0 Å². The third-order valence-corrected chi connectivity index (χ3v) is 4.64. The predicted octanol–water partition coefficient (Wildman–Crippen LogP) is 2.27. The first-order chi connectivity index (χ1) is 12.6. The van der Waals surface area contributed by atoms with Crippen LogP contribution in [0.15, 0.2) is 54.9 Å². The topological polar surface area (TPSA) is 67.2 Å². The molecule has 132 valence electrons. The first-order valence-corrected chi connectivity index (χ1v) is 8.66. The molecule has 0 saturated carbocycles. The van der Waals surface area contributed by atoms with Crippen molar-refractivity contribution in [2.24, 2.45) is 0 Å². The molecule has 1 aliphatic heterocycles. The van der Waals surface area contributed by atoms with E-state index in [1.54, 1.807) is 11.2 Å². The molecule has 6 nitrogen and oxygen atoms in total. The minimum atomic E-state index is -0.176. The van der Waals surface area contributed by atoms with Crippen LogP contribution in [0.3, 0.4) is 0 Å². The fraction of sp³-hybridized carbons (Fsp3) is 0.250. The van der Waals surface area contributed by atoms with Crippen LogP contribution in [0, 0.1) is 6.92 Å². The van der Waals surface area contributed by atoms with Gasteiger partial charge in [-0.25, -0.2) is 4.98 Å². The lowest BCUT2D eigenvalue weighted by Crippen LogP contribution is -2.38. The van der Waals surface area contributed by atoms with E-state index in [1.165, 1.54) is 0 Å². The van der Waals surface area contributed by atoms with E-state index in [0.717, 1.165) is 22.3 Å². The number of nitrogens with one attached hydrogen (secondary N) is 1. The number of nitrogens with zero attached hydrogens (tertiary/aromatic N) is 3. The molecule has 1 aromatic heterocycles. The second kappa shape index (κ2) is 6.63.